The number of aromatic amines is 1. The summed E-state index contributed by atoms with van der Waals surface area (Å²) in [6, 6.07) is 0.186. The molecule has 7 nitrogen and oxygen atoms in total. The van der Waals surface area contributed by atoms with Crippen LogP contribution in [0.15, 0.2) is 4.79 Å². The molecule has 0 radical (unpaired) electrons. The van der Waals surface area contributed by atoms with Crippen molar-refractivity contribution in [2.75, 3.05) is 5.32 Å². The maximum atomic E-state index is 12.7. The number of nitrogens with one attached hydrogen (secondary N) is 2. The molecule has 2 aliphatic rings. The minimum atomic E-state index is -0.118. The Labute approximate surface area is 182 Å². The molecule has 30 heavy (non-hydrogen) atoms. The number of nitrogens with two attached hydrogens (primary N) is 1. The second-order valence-electron chi connectivity index (χ2n) is 8.48. The number of rotatable bonds is 4. The maximum Gasteiger partial charge on any atom is 0.259 e. The van der Waals surface area contributed by atoms with Crippen molar-refractivity contribution < 1.29 is 4.79 Å². The zero-order valence-corrected chi connectivity index (χ0v) is 18.5. The molecule has 0 spiro atoms. The molecule has 3 aromatic heterocycles. The molecule has 4 N–H and O–H groups in total. The average molecular weight is 444 g/mol. The van der Waals surface area contributed by atoms with E-state index in [2.05, 4.69) is 27.2 Å². The highest BCUT2D eigenvalue weighted by molar-refractivity contribution is 7.18. The Morgan fingerprint density at radius 2 is 2.07 bits per heavy atom. The number of H-pyrrole nitrogens is 1. The number of amides is 1. The molecule has 0 aromatic carbocycles. The zero-order chi connectivity index (χ0) is 20.8. The molecule has 2 aliphatic carbocycles. The molecule has 3 aromatic rings. The number of thiazole rings is 1. The first kappa shape index (κ1) is 19.8. The smallest absolute Gasteiger partial charge is 0.259 e. The molecule has 1 unspecified atom stereocenters. The summed E-state index contributed by atoms with van der Waals surface area (Å²) in [4.78, 5) is 40.5. The van der Waals surface area contributed by atoms with Crippen LogP contribution in [0.1, 0.15) is 53.0 Å². The van der Waals surface area contributed by atoms with Gasteiger partial charge in [0.2, 0.25) is 5.91 Å². The number of carbonyl (C=O) groups excluding carboxylic acids is 1. The van der Waals surface area contributed by atoms with Gasteiger partial charge in [0, 0.05) is 28.6 Å². The molecule has 0 fully saturated rings. The first-order chi connectivity index (χ1) is 14.5. The summed E-state index contributed by atoms with van der Waals surface area (Å²) < 4.78 is 0. The number of fused-ring (bicyclic) bond motifs is 4. The van der Waals surface area contributed by atoms with Crippen LogP contribution < -0.4 is 16.6 Å². The molecular formula is C21H25N5O2S2. The van der Waals surface area contributed by atoms with Crippen LogP contribution in [0.3, 0.4) is 0 Å². The van der Waals surface area contributed by atoms with E-state index >= 15 is 0 Å². The van der Waals surface area contributed by atoms with Gasteiger partial charge in [-0.1, -0.05) is 6.92 Å². The van der Waals surface area contributed by atoms with Crippen LogP contribution >= 0.6 is 22.7 Å². The summed E-state index contributed by atoms with van der Waals surface area (Å²) in [5.41, 5.74) is 8.18. The molecule has 1 amide bonds. The first-order valence-electron chi connectivity index (χ1n) is 10.5. The Hall–Kier alpha value is -2.10. The van der Waals surface area contributed by atoms with E-state index in [9.17, 15) is 9.59 Å². The SMILES string of the molecule is CC1CCc2c(sc3nc(CCC(=O)Nc4nc5c(s4)C[C@@H](N)CC5)[nH]c(=O)c23)C1. The predicted molar refractivity (Wildman–Crippen MR) is 120 cm³/mol. The summed E-state index contributed by atoms with van der Waals surface area (Å²) in [5, 5.41) is 4.28. The van der Waals surface area contributed by atoms with Crippen LogP contribution in [0.4, 0.5) is 5.13 Å². The average Bonchev–Trinajstić information content (AvgIpc) is 3.25. The molecule has 2 atom stereocenters. The lowest BCUT2D eigenvalue weighted by Gasteiger charge is -2.17. The Morgan fingerprint density at radius 1 is 1.20 bits per heavy atom. The monoisotopic (exact) mass is 443 g/mol. The largest absolute Gasteiger partial charge is 0.327 e. The molecule has 158 valence electrons. The fourth-order valence-corrected chi connectivity index (χ4v) is 6.90. The Balaban J connectivity index is 1.27. The van der Waals surface area contributed by atoms with Crippen molar-refractivity contribution in [1.29, 1.82) is 0 Å². The van der Waals surface area contributed by atoms with Crippen LogP contribution in [0.2, 0.25) is 0 Å². The third-order valence-electron chi connectivity index (χ3n) is 6.03. The van der Waals surface area contributed by atoms with Crippen LogP contribution in [0.25, 0.3) is 10.2 Å². The lowest BCUT2D eigenvalue weighted by atomic mass is 9.89. The van der Waals surface area contributed by atoms with E-state index in [-0.39, 0.29) is 23.9 Å². The standard InChI is InChI=1S/C21H25N5O2S2/c1-10-2-4-12-14(8-10)29-20-18(12)19(28)24-16(25-20)6-7-17(27)26-21-23-13-5-3-11(22)9-15(13)30-21/h10-11H,2-9,22H2,1H3,(H,23,26,27)(H,24,25,28)/t10?,11-/m0/s1. The van der Waals surface area contributed by atoms with Crippen molar-refractivity contribution in [1.82, 2.24) is 15.0 Å². The van der Waals surface area contributed by atoms with Crippen molar-refractivity contribution >= 4 is 43.9 Å². The van der Waals surface area contributed by atoms with Crippen molar-refractivity contribution in [2.45, 2.75) is 64.3 Å². The minimum absolute atomic E-state index is 0.0774. The van der Waals surface area contributed by atoms with Crippen LogP contribution in [0, 0.1) is 5.92 Å². The summed E-state index contributed by atoms with van der Waals surface area (Å²) in [6.45, 7) is 2.25. The zero-order valence-electron chi connectivity index (χ0n) is 16.9. The lowest BCUT2D eigenvalue weighted by Crippen LogP contribution is -2.27. The Bertz CT molecular complexity index is 1180. The summed E-state index contributed by atoms with van der Waals surface area (Å²) in [5.74, 6) is 1.10. The van der Waals surface area contributed by atoms with Gasteiger partial charge >= 0.3 is 0 Å². The number of anilines is 1. The van der Waals surface area contributed by atoms with Gasteiger partial charge in [-0.2, -0.15) is 0 Å². The highest BCUT2D eigenvalue weighted by atomic mass is 32.1. The van der Waals surface area contributed by atoms with Gasteiger partial charge in [0.15, 0.2) is 5.13 Å². The van der Waals surface area contributed by atoms with Crippen molar-refractivity contribution in [3.63, 3.8) is 0 Å². The fraction of sp³-hybridized carbons (Fsp3) is 0.524. The van der Waals surface area contributed by atoms with Gasteiger partial charge in [-0.25, -0.2) is 9.97 Å². The number of aromatic nitrogens is 3. The van der Waals surface area contributed by atoms with E-state index in [4.69, 9.17) is 5.73 Å². The lowest BCUT2D eigenvalue weighted by molar-refractivity contribution is -0.116. The van der Waals surface area contributed by atoms with Gasteiger partial charge in [0.25, 0.3) is 5.56 Å². The summed E-state index contributed by atoms with van der Waals surface area (Å²) in [7, 11) is 0. The van der Waals surface area contributed by atoms with E-state index in [0.717, 1.165) is 54.4 Å². The second kappa shape index (κ2) is 7.86. The summed E-state index contributed by atoms with van der Waals surface area (Å²) in [6.07, 6.45) is 6.38. The van der Waals surface area contributed by atoms with E-state index in [1.54, 1.807) is 11.3 Å². The number of thiophene rings is 1. The van der Waals surface area contributed by atoms with Gasteiger partial charge in [0.05, 0.1) is 11.1 Å². The first-order valence-corrected chi connectivity index (χ1v) is 12.2. The molecule has 0 bridgehead atoms. The van der Waals surface area contributed by atoms with Crippen LogP contribution in [-0.2, 0) is 36.9 Å². The molecule has 0 saturated heterocycles. The van der Waals surface area contributed by atoms with E-state index < -0.39 is 0 Å². The quantitative estimate of drug-likeness (QED) is 0.574. The van der Waals surface area contributed by atoms with Gasteiger partial charge in [-0.15, -0.1) is 22.7 Å². The number of nitrogens with zero attached hydrogens (tertiary/aromatic N) is 2. The number of aryl methyl sites for hydroxylation is 3. The van der Waals surface area contributed by atoms with E-state index in [1.807, 2.05) is 0 Å². The van der Waals surface area contributed by atoms with Crippen LogP contribution in [0.5, 0.6) is 0 Å². The van der Waals surface area contributed by atoms with Gasteiger partial charge < -0.3 is 16.0 Å². The van der Waals surface area contributed by atoms with Crippen molar-refractivity contribution in [2.24, 2.45) is 11.7 Å². The predicted octanol–water partition coefficient (Wildman–Crippen LogP) is 2.95. The molecule has 0 saturated carbocycles. The Kier molecular flexibility index (Phi) is 5.20. The number of hydrogen-bond donors (Lipinski definition) is 3. The summed E-state index contributed by atoms with van der Waals surface area (Å²) >= 11 is 3.15. The third kappa shape index (κ3) is 3.81. The van der Waals surface area contributed by atoms with Crippen molar-refractivity contribution in [3.8, 4) is 0 Å². The number of hydrogen-bond acceptors (Lipinski definition) is 7. The van der Waals surface area contributed by atoms with E-state index in [1.165, 1.54) is 26.7 Å². The highest BCUT2D eigenvalue weighted by Gasteiger charge is 2.23. The molecular weight excluding hydrogens is 418 g/mol. The third-order valence-corrected chi connectivity index (χ3v) is 8.21. The second-order valence-corrected chi connectivity index (χ2v) is 10.7. The molecule has 9 heteroatoms. The maximum absolute atomic E-state index is 12.7. The molecule has 3 heterocycles. The highest BCUT2D eigenvalue weighted by Crippen LogP contribution is 2.35. The minimum Gasteiger partial charge on any atom is -0.327 e. The van der Waals surface area contributed by atoms with Gasteiger partial charge in [-0.05, 0) is 50.0 Å². The normalized spacial score (nSPS) is 20.7. The van der Waals surface area contributed by atoms with E-state index in [0.29, 0.717) is 23.3 Å². The topological polar surface area (TPSA) is 114 Å². The van der Waals surface area contributed by atoms with Gasteiger partial charge in [0.1, 0.15) is 10.7 Å². The molecule has 5 rings (SSSR count). The molecule has 0 aliphatic heterocycles. The van der Waals surface area contributed by atoms with Crippen LogP contribution in [-0.4, -0.2) is 26.9 Å². The number of carbonyl (C=O) groups is 1. The Morgan fingerprint density at radius 3 is 2.93 bits per heavy atom. The fourth-order valence-electron chi connectivity index (χ4n) is 4.38. The van der Waals surface area contributed by atoms with Crippen molar-refractivity contribution in [3.05, 3.63) is 37.2 Å². The van der Waals surface area contributed by atoms with Gasteiger partial charge in [-0.3, -0.25) is 9.59 Å².